The van der Waals surface area contributed by atoms with Gasteiger partial charge >= 0.3 is 5.97 Å². The van der Waals surface area contributed by atoms with Gasteiger partial charge in [-0.15, -0.1) is 0 Å². The van der Waals surface area contributed by atoms with Gasteiger partial charge in [-0.05, 0) is 43.4 Å². The number of ether oxygens (including phenoxy) is 2. The molecule has 0 saturated heterocycles. The van der Waals surface area contributed by atoms with Crippen molar-refractivity contribution >= 4 is 23.2 Å². The number of amides is 1. The molecule has 3 aromatic rings. The number of pyridine rings is 1. The van der Waals surface area contributed by atoms with Crippen molar-refractivity contribution in [2.45, 2.75) is 39.0 Å². The number of esters is 1. The Kier molecular flexibility index (Phi) is 8.81. The van der Waals surface area contributed by atoms with Crippen LogP contribution in [0.2, 0.25) is 0 Å². The number of nitrogens with zero attached hydrogens (tertiary/aromatic N) is 1. The molecule has 0 bridgehead atoms. The standard InChI is InChI=1S/C26H30N2O6/c1-2-33-23(30)11-7-15-34-19-12-13-28-21(16-18-8-4-3-5-9-18)20(10-6-14-29)24(22(28)17-19)25(31)26(27)32/h3-5,8-9,12-13,17,29H,2,6-7,10-11,14-16H2,1H3,(H2,27,32). The molecule has 0 spiro atoms. The van der Waals surface area contributed by atoms with Crippen molar-refractivity contribution < 1.29 is 29.0 Å². The zero-order chi connectivity index (χ0) is 24.5. The number of hydrogen-bond acceptors (Lipinski definition) is 6. The average Bonchev–Trinajstić information content (AvgIpc) is 3.13. The van der Waals surface area contributed by atoms with Crippen LogP contribution in [0.4, 0.5) is 0 Å². The van der Waals surface area contributed by atoms with Crippen molar-refractivity contribution in [3.63, 3.8) is 0 Å². The molecule has 0 atom stereocenters. The number of ketones is 1. The minimum atomic E-state index is -1.04. The van der Waals surface area contributed by atoms with Gasteiger partial charge in [0.1, 0.15) is 5.75 Å². The van der Waals surface area contributed by atoms with E-state index in [0.717, 1.165) is 11.3 Å². The van der Waals surface area contributed by atoms with Crippen LogP contribution >= 0.6 is 0 Å². The number of aliphatic hydroxyl groups excluding tert-OH is 1. The molecule has 1 aromatic carbocycles. The van der Waals surface area contributed by atoms with Gasteiger partial charge in [-0.1, -0.05) is 30.3 Å². The largest absolute Gasteiger partial charge is 0.493 e. The highest BCUT2D eigenvalue weighted by Crippen LogP contribution is 2.30. The van der Waals surface area contributed by atoms with Gasteiger partial charge in [0.15, 0.2) is 0 Å². The second-order valence-corrected chi connectivity index (χ2v) is 7.86. The number of carbonyl (C=O) groups is 3. The van der Waals surface area contributed by atoms with Crippen LogP contribution in [-0.4, -0.2) is 47.0 Å². The molecule has 2 heterocycles. The summed E-state index contributed by atoms with van der Waals surface area (Å²) < 4.78 is 12.6. The fourth-order valence-electron chi connectivity index (χ4n) is 3.97. The number of nitrogens with two attached hydrogens (primary N) is 1. The second kappa shape index (κ2) is 12.0. The summed E-state index contributed by atoms with van der Waals surface area (Å²) in [6.45, 7) is 2.34. The van der Waals surface area contributed by atoms with Crippen LogP contribution in [0, 0.1) is 0 Å². The molecule has 1 amide bonds. The molecular weight excluding hydrogens is 436 g/mol. The van der Waals surface area contributed by atoms with E-state index in [0.29, 0.717) is 55.7 Å². The van der Waals surface area contributed by atoms with Gasteiger partial charge in [-0.2, -0.15) is 0 Å². The molecule has 0 radical (unpaired) electrons. The highest BCUT2D eigenvalue weighted by Gasteiger charge is 2.26. The third-order valence-corrected chi connectivity index (χ3v) is 5.47. The van der Waals surface area contributed by atoms with Crippen LogP contribution in [-0.2, 0) is 27.2 Å². The molecule has 180 valence electrons. The van der Waals surface area contributed by atoms with Crippen molar-refractivity contribution in [2.24, 2.45) is 5.73 Å². The minimum absolute atomic E-state index is 0.0456. The Labute approximate surface area is 198 Å². The maximum absolute atomic E-state index is 12.9. The van der Waals surface area contributed by atoms with E-state index < -0.39 is 11.7 Å². The van der Waals surface area contributed by atoms with E-state index in [2.05, 4.69) is 0 Å². The zero-order valence-electron chi connectivity index (χ0n) is 19.3. The third kappa shape index (κ3) is 6.02. The van der Waals surface area contributed by atoms with Crippen LogP contribution in [0.3, 0.4) is 0 Å². The molecule has 0 aliphatic rings. The normalized spacial score (nSPS) is 10.9. The zero-order valence-corrected chi connectivity index (χ0v) is 19.3. The van der Waals surface area contributed by atoms with Gasteiger partial charge in [0.2, 0.25) is 0 Å². The lowest BCUT2D eigenvalue weighted by atomic mass is 9.97. The molecule has 8 heteroatoms. The molecule has 2 aromatic heterocycles. The number of benzene rings is 1. The molecule has 0 saturated carbocycles. The van der Waals surface area contributed by atoms with Gasteiger partial charge in [0, 0.05) is 37.4 Å². The first-order valence-corrected chi connectivity index (χ1v) is 11.4. The summed E-state index contributed by atoms with van der Waals surface area (Å²) in [5, 5.41) is 9.42. The quantitative estimate of drug-likeness (QED) is 0.173. The van der Waals surface area contributed by atoms with E-state index in [1.807, 2.05) is 34.7 Å². The summed E-state index contributed by atoms with van der Waals surface area (Å²) in [4.78, 5) is 36.3. The first-order valence-electron chi connectivity index (χ1n) is 11.4. The van der Waals surface area contributed by atoms with Crippen molar-refractivity contribution in [1.29, 1.82) is 0 Å². The van der Waals surface area contributed by atoms with Crippen LogP contribution in [0.5, 0.6) is 5.75 Å². The average molecular weight is 467 g/mol. The maximum Gasteiger partial charge on any atom is 0.305 e. The number of primary amides is 1. The van der Waals surface area contributed by atoms with E-state index in [1.54, 1.807) is 25.3 Å². The summed E-state index contributed by atoms with van der Waals surface area (Å²) in [5.74, 6) is -1.58. The summed E-state index contributed by atoms with van der Waals surface area (Å²) in [6.07, 6.45) is 3.93. The van der Waals surface area contributed by atoms with E-state index in [-0.39, 0.29) is 24.6 Å². The van der Waals surface area contributed by atoms with Crippen LogP contribution < -0.4 is 10.5 Å². The van der Waals surface area contributed by atoms with Crippen LogP contribution in [0.15, 0.2) is 48.7 Å². The first kappa shape index (κ1) is 25.0. The third-order valence-electron chi connectivity index (χ3n) is 5.47. The SMILES string of the molecule is CCOC(=O)CCCOc1ccn2c(Cc3ccccc3)c(CCCO)c(C(=O)C(N)=O)c2c1. The van der Waals surface area contributed by atoms with E-state index in [9.17, 15) is 19.5 Å². The number of Topliss-reactive ketones (excluding diaryl/α,β-unsaturated/α-hetero) is 1. The predicted molar refractivity (Wildman–Crippen MR) is 127 cm³/mol. The molecule has 8 nitrogen and oxygen atoms in total. The molecule has 0 aliphatic carbocycles. The second-order valence-electron chi connectivity index (χ2n) is 7.86. The van der Waals surface area contributed by atoms with Crippen molar-refractivity contribution in [1.82, 2.24) is 4.40 Å². The van der Waals surface area contributed by atoms with Gasteiger partial charge < -0.3 is 24.7 Å². The Morgan fingerprint density at radius 3 is 2.53 bits per heavy atom. The lowest BCUT2D eigenvalue weighted by Crippen LogP contribution is -2.24. The maximum atomic E-state index is 12.9. The Morgan fingerprint density at radius 2 is 1.85 bits per heavy atom. The molecule has 0 aliphatic heterocycles. The van der Waals surface area contributed by atoms with Gasteiger partial charge in [0.05, 0.1) is 24.3 Å². The van der Waals surface area contributed by atoms with E-state index in [1.165, 1.54) is 0 Å². The predicted octanol–water partition coefficient (Wildman–Crippen LogP) is 2.85. The Bertz CT molecular complexity index is 1150. The summed E-state index contributed by atoms with van der Waals surface area (Å²) in [5.41, 5.74) is 8.74. The monoisotopic (exact) mass is 466 g/mol. The molecule has 3 rings (SSSR count). The van der Waals surface area contributed by atoms with Gasteiger partial charge in [-0.25, -0.2) is 0 Å². The Hall–Kier alpha value is -3.65. The Balaban J connectivity index is 1.99. The summed E-state index contributed by atoms with van der Waals surface area (Å²) in [7, 11) is 0. The topological polar surface area (TPSA) is 120 Å². The lowest BCUT2D eigenvalue weighted by molar-refractivity contribution is -0.143. The molecule has 3 N–H and O–H groups in total. The number of rotatable bonds is 13. The minimum Gasteiger partial charge on any atom is -0.493 e. The lowest BCUT2D eigenvalue weighted by Gasteiger charge is -2.09. The number of hydrogen-bond donors (Lipinski definition) is 2. The molecular formula is C26H30N2O6. The smallest absolute Gasteiger partial charge is 0.305 e. The number of carbonyl (C=O) groups excluding carboxylic acids is 3. The van der Waals surface area contributed by atoms with Crippen molar-refractivity contribution in [2.75, 3.05) is 19.8 Å². The van der Waals surface area contributed by atoms with Crippen molar-refractivity contribution in [3.8, 4) is 5.75 Å². The fourth-order valence-corrected chi connectivity index (χ4v) is 3.97. The molecule has 0 unspecified atom stereocenters. The van der Waals surface area contributed by atoms with Gasteiger partial charge in [-0.3, -0.25) is 14.4 Å². The number of fused-ring (bicyclic) bond motifs is 1. The summed E-state index contributed by atoms with van der Waals surface area (Å²) in [6, 6.07) is 13.3. The van der Waals surface area contributed by atoms with Crippen LogP contribution in [0.25, 0.3) is 5.52 Å². The van der Waals surface area contributed by atoms with E-state index in [4.69, 9.17) is 15.2 Å². The Morgan fingerprint density at radius 1 is 1.09 bits per heavy atom. The molecule has 0 fully saturated rings. The number of aliphatic hydroxyl groups is 1. The van der Waals surface area contributed by atoms with E-state index >= 15 is 0 Å². The highest BCUT2D eigenvalue weighted by atomic mass is 16.5. The summed E-state index contributed by atoms with van der Waals surface area (Å²) >= 11 is 0. The molecule has 34 heavy (non-hydrogen) atoms. The first-order chi connectivity index (χ1) is 16.5. The van der Waals surface area contributed by atoms with Gasteiger partial charge in [0.25, 0.3) is 11.7 Å². The number of aromatic nitrogens is 1. The highest BCUT2D eigenvalue weighted by molar-refractivity contribution is 6.44. The van der Waals surface area contributed by atoms with Crippen molar-refractivity contribution in [3.05, 3.63) is 71.0 Å². The fraction of sp³-hybridized carbons (Fsp3) is 0.346. The van der Waals surface area contributed by atoms with Crippen LogP contribution in [0.1, 0.15) is 53.4 Å².